The minimum absolute atomic E-state index is 0.0406. The number of anilines is 1. The number of carbonyl (C=O) groups is 1. The highest BCUT2D eigenvalue weighted by atomic mass is 32.2. The zero-order valence-electron chi connectivity index (χ0n) is 19.1. The predicted molar refractivity (Wildman–Crippen MR) is 130 cm³/mol. The van der Waals surface area contributed by atoms with E-state index in [1.165, 1.54) is 16.8 Å². The van der Waals surface area contributed by atoms with Crippen molar-refractivity contribution in [3.05, 3.63) is 76.9 Å². The van der Waals surface area contributed by atoms with Gasteiger partial charge in [-0.25, -0.2) is 0 Å². The number of ether oxygens (including phenoxy) is 1. The maximum Gasteiger partial charge on any atom is 0.308 e. The third-order valence-electron chi connectivity index (χ3n) is 5.84. The maximum atomic E-state index is 12.8. The van der Waals surface area contributed by atoms with Crippen LogP contribution in [-0.2, 0) is 15.2 Å². The lowest BCUT2D eigenvalue weighted by atomic mass is 10.0. The monoisotopic (exact) mass is 467 g/mol. The van der Waals surface area contributed by atoms with E-state index in [1.54, 1.807) is 0 Å². The Bertz CT molecular complexity index is 1250. The van der Waals surface area contributed by atoms with Crippen LogP contribution >= 0.6 is 0 Å². The van der Waals surface area contributed by atoms with E-state index in [1.807, 2.05) is 25.1 Å². The van der Waals surface area contributed by atoms with E-state index >= 15 is 0 Å². The molecule has 1 saturated heterocycles. The largest absolute Gasteiger partial charge is 0.378 e. The van der Waals surface area contributed by atoms with Gasteiger partial charge in [-0.2, -0.15) is 13.2 Å². The van der Waals surface area contributed by atoms with Gasteiger partial charge in [0.1, 0.15) is 0 Å². The van der Waals surface area contributed by atoms with Gasteiger partial charge in [0.15, 0.2) is 0 Å². The van der Waals surface area contributed by atoms with E-state index in [9.17, 15) is 4.79 Å². The Hall–Kier alpha value is -3.23. The van der Waals surface area contributed by atoms with Gasteiger partial charge in [0.25, 0.3) is 5.91 Å². The van der Waals surface area contributed by atoms with E-state index in [2.05, 4.69) is 60.5 Å². The molecule has 3 aromatic carbocycles. The molecular formula is C25H29N3O4S. The fraction of sp³-hybridized carbons (Fsp3) is 0.320. The Kier molecular flexibility index (Phi) is 8.19. The van der Waals surface area contributed by atoms with Crippen molar-refractivity contribution in [1.29, 1.82) is 4.78 Å². The first kappa shape index (κ1) is 24.4. The number of nitrogens with zero attached hydrogens (tertiary/aromatic N) is 1. The fourth-order valence-corrected chi connectivity index (χ4v) is 3.79. The number of hydrogen-bond donors (Lipinski definition) is 2. The number of amides is 1. The van der Waals surface area contributed by atoms with Crippen LogP contribution in [0.15, 0.2) is 54.6 Å². The average molecular weight is 468 g/mol. The first-order valence-electron chi connectivity index (χ1n) is 10.8. The van der Waals surface area contributed by atoms with Crippen molar-refractivity contribution in [3.63, 3.8) is 0 Å². The quantitative estimate of drug-likeness (QED) is 0.592. The molecule has 0 radical (unpaired) electrons. The number of morpholine rings is 1. The Labute approximate surface area is 195 Å². The van der Waals surface area contributed by atoms with Crippen LogP contribution in [0, 0.1) is 18.6 Å². The highest BCUT2D eigenvalue weighted by molar-refractivity contribution is 7.60. The third-order valence-corrected chi connectivity index (χ3v) is 5.84. The average Bonchev–Trinajstić information content (AvgIpc) is 2.80. The molecular weight excluding hydrogens is 438 g/mol. The van der Waals surface area contributed by atoms with Crippen molar-refractivity contribution < 1.29 is 17.9 Å². The molecule has 8 heteroatoms. The summed E-state index contributed by atoms with van der Waals surface area (Å²) >= 11 is 0. The van der Waals surface area contributed by atoms with E-state index in [0.29, 0.717) is 5.56 Å². The van der Waals surface area contributed by atoms with Crippen molar-refractivity contribution in [2.75, 3.05) is 31.2 Å². The van der Waals surface area contributed by atoms with Crippen LogP contribution in [-0.4, -0.2) is 40.6 Å². The van der Waals surface area contributed by atoms with Gasteiger partial charge < -0.3 is 15.0 Å². The molecule has 0 bridgehead atoms. The fourth-order valence-electron chi connectivity index (χ4n) is 3.79. The summed E-state index contributed by atoms with van der Waals surface area (Å²) in [5.41, 5.74) is 5.52. The van der Waals surface area contributed by atoms with E-state index in [-0.39, 0.29) is 11.9 Å². The molecule has 7 nitrogen and oxygen atoms in total. The number of hydrogen-bond acceptors (Lipinski definition) is 6. The Morgan fingerprint density at radius 2 is 1.61 bits per heavy atom. The molecule has 4 rings (SSSR count). The first-order chi connectivity index (χ1) is 15.7. The highest BCUT2D eigenvalue weighted by Gasteiger charge is 2.14. The molecule has 0 aromatic heterocycles. The summed E-state index contributed by atoms with van der Waals surface area (Å²) in [4.78, 5) is 15.1. The molecule has 1 heterocycles. The van der Waals surface area contributed by atoms with E-state index in [4.69, 9.17) is 17.9 Å². The highest BCUT2D eigenvalue weighted by Crippen LogP contribution is 2.24. The Balaban J connectivity index is 0.000000709. The number of fused-ring (bicyclic) bond motifs is 1. The number of benzene rings is 3. The minimum Gasteiger partial charge on any atom is -0.378 e. The van der Waals surface area contributed by atoms with Crippen LogP contribution in [0.25, 0.3) is 10.8 Å². The van der Waals surface area contributed by atoms with Crippen molar-refractivity contribution in [2.24, 2.45) is 0 Å². The molecule has 174 valence electrons. The number of carbonyl (C=O) groups excluding carboxylic acids is 1. The summed E-state index contributed by atoms with van der Waals surface area (Å²) < 4.78 is 28.3. The summed E-state index contributed by atoms with van der Waals surface area (Å²) in [6.45, 7) is 9.61. The molecule has 1 aliphatic heterocycles. The number of rotatable bonds is 4. The predicted octanol–water partition coefficient (Wildman–Crippen LogP) is 4.41. The van der Waals surface area contributed by atoms with Gasteiger partial charge >= 0.3 is 10.5 Å². The lowest BCUT2D eigenvalue weighted by Crippen LogP contribution is -2.36. The van der Waals surface area contributed by atoms with Gasteiger partial charge in [-0.1, -0.05) is 30.3 Å². The zero-order chi connectivity index (χ0) is 24.0. The van der Waals surface area contributed by atoms with Crippen molar-refractivity contribution in [2.45, 2.75) is 26.8 Å². The van der Waals surface area contributed by atoms with Crippen LogP contribution in [0.1, 0.15) is 40.0 Å². The lowest BCUT2D eigenvalue weighted by molar-refractivity contribution is 0.0940. The van der Waals surface area contributed by atoms with Gasteiger partial charge in [0.2, 0.25) is 0 Å². The molecule has 1 fully saturated rings. The Morgan fingerprint density at radius 1 is 0.970 bits per heavy atom. The van der Waals surface area contributed by atoms with Gasteiger partial charge in [-0.05, 0) is 72.5 Å². The van der Waals surface area contributed by atoms with Crippen LogP contribution < -0.4 is 10.2 Å². The van der Waals surface area contributed by atoms with Crippen molar-refractivity contribution >= 4 is 32.9 Å². The molecule has 1 amide bonds. The van der Waals surface area contributed by atoms with Crippen molar-refractivity contribution in [3.8, 4) is 0 Å². The summed E-state index contributed by atoms with van der Waals surface area (Å²) in [6, 6.07) is 18.6. The van der Waals surface area contributed by atoms with Crippen LogP contribution in [0.5, 0.6) is 0 Å². The second kappa shape index (κ2) is 11.1. The van der Waals surface area contributed by atoms with Gasteiger partial charge in [-0.15, -0.1) is 0 Å². The molecule has 0 aliphatic carbocycles. The van der Waals surface area contributed by atoms with Crippen LogP contribution in [0.2, 0.25) is 0 Å². The second-order valence-corrected chi connectivity index (χ2v) is 8.59. The van der Waals surface area contributed by atoms with E-state index < -0.39 is 10.5 Å². The summed E-state index contributed by atoms with van der Waals surface area (Å²) in [6.07, 6.45) is 0. The molecule has 3 aromatic rings. The van der Waals surface area contributed by atoms with Gasteiger partial charge in [0, 0.05) is 24.3 Å². The summed E-state index contributed by atoms with van der Waals surface area (Å²) in [7, 11) is -2.61. The summed E-state index contributed by atoms with van der Waals surface area (Å²) in [5.74, 6) is -0.0464. The zero-order valence-corrected chi connectivity index (χ0v) is 19.9. The molecule has 1 aliphatic rings. The lowest BCUT2D eigenvalue weighted by Gasteiger charge is -2.29. The topological polar surface area (TPSA) is 99.6 Å². The molecule has 33 heavy (non-hydrogen) atoms. The normalized spacial score (nSPS) is 14.2. The van der Waals surface area contributed by atoms with Gasteiger partial charge in [-0.3, -0.25) is 4.79 Å². The molecule has 1 atom stereocenters. The smallest absolute Gasteiger partial charge is 0.308 e. The molecule has 0 saturated carbocycles. The van der Waals surface area contributed by atoms with E-state index in [0.717, 1.165) is 42.6 Å². The SMILES string of the molecule is Cc1ccc([C@@H](C)NC(=O)c2ccc3cc(N4CCOCC4)ccc3c2)cc1C.N=S(=O)=O. The first-order valence-corrected chi connectivity index (χ1v) is 11.9. The number of nitrogens with one attached hydrogen (secondary N) is 2. The van der Waals surface area contributed by atoms with Crippen LogP contribution in [0.3, 0.4) is 0 Å². The standard InChI is InChI=1S/C25H28N2O2.HNO2S/c1-17-4-5-20(14-18(17)2)19(3)26-25(28)23-7-6-22-16-24(9-8-21(22)15-23)27-10-12-29-13-11-27;1-4(2)3/h4-9,14-16,19H,10-13H2,1-3H3,(H,26,28);1H/t19-;/m1./s1. The third kappa shape index (κ3) is 6.63. The van der Waals surface area contributed by atoms with Gasteiger partial charge in [0.05, 0.1) is 19.3 Å². The van der Waals surface area contributed by atoms with Crippen molar-refractivity contribution in [1.82, 2.24) is 5.32 Å². The maximum absolute atomic E-state index is 12.8. The second-order valence-electron chi connectivity index (χ2n) is 8.12. The molecule has 0 spiro atoms. The Morgan fingerprint density at radius 3 is 2.27 bits per heavy atom. The minimum atomic E-state index is -2.61. The summed E-state index contributed by atoms with van der Waals surface area (Å²) in [5, 5.41) is 5.35. The number of aryl methyl sites for hydroxylation is 2. The molecule has 2 N–H and O–H groups in total. The molecule has 0 unspecified atom stereocenters. The van der Waals surface area contributed by atoms with Crippen LogP contribution in [0.4, 0.5) is 5.69 Å².